The van der Waals surface area contributed by atoms with Crippen molar-refractivity contribution in [1.29, 1.82) is 0 Å². The van der Waals surface area contributed by atoms with Crippen LogP contribution in [0.2, 0.25) is 10.0 Å². The number of hydrogen-bond donors (Lipinski definition) is 1. The molecule has 0 aliphatic carbocycles. The molecule has 0 aliphatic rings. The van der Waals surface area contributed by atoms with Gasteiger partial charge < -0.3 is 10.1 Å². The number of carbonyl (C=O) groups is 1. The highest BCUT2D eigenvalue weighted by Gasteiger charge is 2.18. The summed E-state index contributed by atoms with van der Waals surface area (Å²) in [6.45, 7) is 0.0556. The first-order valence-corrected chi connectivity index (χ1v) is 11.8. The average molecular weight is 479 g/mol. The maximum atomic E-state index is 12.5. The molecule has 3 aromatic carbocycles. The van der Waals surface area contributed by atoms with Gasteiger partial charge in [0.2, 0.25) is 10.0 Å². The van der Waals surface area contributed by atoms with Crippen LogP contribution in [-0.4, -0.2) is 27.6 Å². The lowest BCUT2D eigenvalue weighted by Crippen LogP contribution is -2.25. The van der Waals surface area contributed by atoms with Crippen molar-refractivity contribution in [2.45, 2.75) is 6.61 Å². The lowest BCUT2D eigenvalue weighted by Gasteiger charge is -2.21. The number of sulfonamides is 1. The lowest BCUT2D eigenvalue weighted by atomic mass is 10.2. The van der Waals surface area contributed by atoms with Crippen LogP contribution in [0.1, 0.15) is 15.9 Å². The fraction of sp³-hybridized carbons (Fsp3) is 0.136. The van der Waals surface area contributed by atoms with E-state index in [0.717, 1.165) is 10.6 Å². The van der Waals surface area contributed by atoms with E-state index in [0.29, 0.717) is 32.5 Å². The van der Waals surface area contributed by atoms with Gasteiger partial charge in [0, 0.05) is 40.0 Å². The third-order valence-corrected chi connectivity index (χ3v) is 6.28. The van der Waals surface area contributed by atoms with Crippen molar-refractivity contribution < 1.29 is 17.9 Å². The molecule has 1 N–H and O–H groups in total. The van der Waals surface area contributed by atoms with E-state index in [4.69, 9.17) is 27.9 Å². The van der Waals surface area contributed by atoms with Crippen LogP contribution in [0.15, 0.2) is 66.7 Å². The zero-order valence-corrected chi connectivity index (χ0v) is 19.1. The van der Waals surface area contributed by atoms with Crippen molar-refractivity contribution in [2.75, 3.05) is 22.9 Å². The maximum absolute atomic E-state index is 12.5. The molecule has 162 valence electrons. The smallest absolute Gasteiger partial charge is 0.255 e. The SMILES string of the molecule is CN(c1ccc(NC(=O)c2ccccc2)cc1OCc1cc(Cl)ccc1Cl)S(C)(=O)=O. The minimum atomic E-state index is -3.54. The van der Waals surface area contributed by atoms with Crippen LogP contribution in [0.25, 0.3) is 0 Å². The second kappa shape index (κ2) is 9.60. The molecule has 0 fully saturated rings. The Morgan fingerprint density at radius 1 is 1.03 bits per heavy atom. The van der Waals surface area contributed by atoms with E-state index >= 15 is 0 Å². The molecule has 0 unspecified atom stereocenters. The first kappa shape index (κ1) is 22.9. The van der Waals surface area contributed by atoms with Gasteiger partial charge in [0.15, 0.2) is 0 Å². The van der Waals surface area contributed by atoms with Crippen LogP contribution in [-0.2, 0) is 16.6 Å². The molecule has 0 bridgehead atoms. The highest BCUT2D eigenvalue weighted by Crippen LogP contribution is 2.34. The summed E-state index contributed by atoms with van der Waals surface area (Å²) in [6, 6.07) is 18.5. The number of anilines is 2. The van der Waals surface area contributed by atoms with E-state index in [1.54, 1.807) is 60.7 Å². The summed E-state index contributed by atoms with van der Waals surface area (Å²) in [5.41, 5.74) is 1.90. The molecule has 0 saturated carbocycles. The highest BCUT2D eigenvalue weighted by molar-refractivity contribution is 7.92. The third-order valence-electron chi connectivity index (χ3n) is 4.48. The van der Waals surface area contributed by atoms with E-state index in [9.17, 15) is 13.2 Å². The number of amides is 1. The third kappa shape index (κ3) is 5.91. The molecule has 0 radical (unpaired) electrons. The molecule has 3 rings (SSSR count). The van der Waals surface area contributed by atoms with E-state index in [-0.39, 0.29) is 18.3 Å². The fourth-order valence-corrected chi connectivity index (χ4v) is 3.62. The number of ether oxygens (including phenoxy) is 1. The predicted octanol–water partition coefficient (Wildman–Crippen LogP) is 5.22. The summed E-state index contributed by atoms with van der Waals surface area (Å²) < 4.78 is 31.1. The number of rotatable bonds is 7. The lowest BCUT2D eigenvalue weighted by molar-refractivity contribution is 0.102. The standard InChI is InChI=1S/C22H20Cl2N2O4S/c1-26(31(2,28)29)20-11-9-18(25-22(27)15-6-4-3-5-7-15)13-21(20)30-14-16-12-17(23)8-10-19(16)24/h3-13H,14H2,1-2H3,(H,25,27). The van der Waals surface area contributed by atoms with E-state index in [1.165, 1.54) is 7.05 Å². The first-order chi connectivity index (χ1) is 14.6. The number of benzene rings is 3. The summed E-state index contributed by atoms with van der Waals surface area (Å²) >= 11 is 12.2. The van der Waals surface area contributed by atoms with E-state index in [1.807, 2.05) is 6.07 Å². The first-order valence-electron chi connectivity index (χ1n) is 9.16. The Hall–Kier alpha value is -2.74. The average Bonchev–Trinajstić information content (AvgIpc) is 2.74. The van der Waals surface area contributed by atoms with Crippen molar-refractivity contribution in [3.8, 4) is 5.75 Å². The molecular weight excluding hydrogens is 459 g/mol. The summed E-state index contributed by atoms with van der Waals surface area (Å²) in [7, 11) is -2.11. The molecule has 1 amide bonds. The van der Waals surface area contributed by atoms with Crippen molar-refractivity contribution in [3.63, 3.8) is 0 Å². The Balaban J connectivity index is 1.91. The molecule has 0 saturated heterocycles. The van der Waals surface area contributed by atoms with Gasteiger partial charge in [-0.15, -0.1) is 0 Å². The van der Waals surface area contributed by atoms with Gasteiger partial charge in [0.05, 0.1) is 11.9 Å². The van der Waals surface area contributed by atoms with Gasteiger partial charge in [-0.1, -0.05) is 41.4 Å². The van der Waals surface area contributed by atoms with E-state index < -0.39 is 10.0 Å². The van der Waals surface area contributed by atoms with Crippen molar-refractivity contribution in [2.24, 2.45) is 0 Å². The second-order valence-electron chi connectivity index (χ2n) is 6.76. The van der Waals surface area contributed by atoms with Crippen LogP contribution >= 0.6 is 23.2 Å². The van der Waals surface area contributed by atoms with Gasteiger partial charge in [-0.2, -0.15) is 0 Å². The molecule has 0 aromatic heterocycles. The number of nitrogens with zero attached hydrogens (tertiary/aromatic N) is 1. The maximum Gasteiger partial charge on any atom is 0.255 e. The van der Waals surface area contributed by atoms with Crippen molar-refractivity contribution in [3.05, 3.63) is 87.9 Å². The monoisotopic (exact) mass is 478 g/mol. The molecule has 0 spiro atoms. The van der Waals surface area contributed by atoms with Crippen LogP contribution in [0.4, 0.5) is 11.4 Å². The van der Waals surface area contributed by atoms with Gasteiger partial charge in [0.1, 0.15) is 12.4 Å². The summed E-state index contributed by atoms with van der Waals surface area (Å²) in [6.07, 6.45) is 1.09. The van der Waals surface area contributed by atoms with Crippen LogP contribution in [0.3, 0.4) is 0 Å². The molecule has 6 nitrogen and oxygen atoms in total. The molecule has 3 aromatic rings. The second-order valence-corrected chi connectivity index (χ2v) is 9.61. The van der Waals surface area contributed by atoms with Crippen molar-refractivity contribution >= 4 is 50.5 Å². The Morgan fingerprint density at radius 2 is 1.74 bits per heavy atom. The Morgan fingerprint density at radius 3 is 2.42 bits per heavy atom. The summed E-state index contributed by atoms with van der Waals surface area (Å²) in [4.78, 5) is 12.5. The zero-order valence-electron chi connectivity index (χ0n) is 16.8. The van der Waals surface area contributed by atoms with Gasteiger partial charge in [-0.3, -0.25) is 9.10 Å². The topological polar surface area (TPSA) is 75.7 Å². The molecule has 0 atom stereocenters. The van der Waals surface area contributed by atoms with Gasteiger partial charge in [-0.05, 0) is 42.5 Å². The number of nitrogens with one attached hydrogen (secondary N) is 1. The summed E-state index contributed by atoms with van der Waals surface area (Å²) in [5.74, 6) is -0.0384. The predicted molar refractivity (Wildman–Crippen MR) is 125 cm³/mol. The minimum absolute atomic E-state index is 0.0556. The Bertz CT molecular complexity index is 1200. The highest BCUT2D eigenvalue weighted by atomic mass is 35.5. The summed E-state index contributed by atoms with van der Waals surface area (Å²) in [5, 5.41) is 3.76. The van der Waals surface area contributed by atoms with Gasteiger partial charge >= 0.3 is 0 Å². The molecule has 0 aliphatic heterocycles. The normalized spacial score (nSPS) is 11.1. The Kier molecular flexibility index (Phi) is 7.10. The largest absolute Gasteiger partial charge is 0.487 e. The number of carbonyl (C=O) groups excluding carboxylic acids is 1. The van der Waals surface area contributed by atoms with E-state index in [2.05, 4.69) is 5.32 Å². The Labute approximate surface area is 191 Å². The molecule has 9 heteroatoms. The molecular formula is C22H20Cl2N2O4S. The van der Waals surface area contributed by atoms with Gasteiger partial charge in [0.25, 0.3) is 5.91 Å². The quantitative estimate of drug-likeness (QED) is 0.504. The molecule has 31 heavy (non-hydrogen) atoms. The minimum Gasteiger partial charge on any atom is -0.487 e. The zero-order chi connectivity index (χ0) is 22.6. The fourth-order valence-electron chi connectivity index (χ4n) is 2.75. The van der Waals surface area contributed by atoms with Crippen LogP contribution in [0, 0.1) is 0 Å². The van der Waals surface area contributed by atoms with Crippen molar-refractivity contribution in [1.82, 2.24) is 0 Å². The van der Waals surface area contributed by atoms with Crippen LogP contribution < -0.4 is 14.4 Å². The van der Waals surface area contributed by atoms with Gasteiger partial charge in [-0.25, -0.2) is 8.42 Å². The number of hydrogen-bond acceptors (Lipinski definition) is 4. The number of halogens is 2. The van der Waals surface area contributed by atoms with Crippen LogP contribution in [0.5, 0.6) is 5.75 Å². The molecule has 0 heterocycles.